The van der Waals surface area contributed by atoms with Gasteiger partial charge in [0.1, 0.15) is 0 Å². The van der Waals surface area contributed by atoms with Crippen molar-refractivity contribution in [3.63, 3.8) is 0 Å². The molecule has 0 aliphatic heterocycles. The van der Waals surface area contributed by atoms with E-state index in [1.807, 2.05) is 6.92 Å². The van der Waals surface area contributed by atoms with Gasteiger partial charge in [-0.3, -0.25) is 4.79 Å². The van der Waals surface area contributed by atoms with Crippen LogP contribution in [0.2, 0.25) is 0 Å². The highest BCUT2D eigenvalue weighted by atomic mass is 16.1. The minimum atomic E-state index is 0.0171. The molecule has 1 aliphatic carbocycles. The van der Waals surface area contributed by atoms with Gasteiger partial charge < -0.3 is 11.1 Å². The van der Waals surface area contributed by atoms with E-state index in [0.29, 0.717) is 12.5 Å². The Morgan fingerprint density at radius 1 is 1.40 bits per heavy atom. The predicted octanol–water partition coefficient (Wildman–Crippen LogP) is 1.81. The summed E-state index contributed by atoms with van der Waals surface area (Å²) in [6, 6.07) is 0.387. The zero-order chi connectivity index (χ0) is 11.3. The van der Waals surface area contributed by atoms with Crippen molar-refractivity contribution in [3.8, 4) is 0 Å². The minimum absolute atomic E-state index is 0.0171. The van der Waals surface area contributed by atoms with E-state index in [-0.39, 0.29) is 11.9 Å². The fraction of sp³-hybridized carbons (Fsp3) is 0.917. The summed E-state index contributed by atoms with van der Waals surface area (Å²) >= 11 is 0. The predicted molar refractivity (Wildman–Crippen MR) is 62.4 cm³/mol. The Kier molecular flexibility index (Phi) is 5.09. The Morgan fingerprint density at radius 3 is 2.53 bits per heavy atom. The quantitative estimate of drug-likeness (QED) is 0.676. The number of hydrogen-bond donors (Lipinski definition) is 2. The molecule has 0 aromatic rings. The third kappa shape index (κ3) is 5.17. The van der Waals surface area contributed by atoms with Crippen molar-refractivity contribution in [3.05, 3.63) is 0 Å². The summed E-state index contributed by atoms with van der Waals surface area (Å²) in [6.07, 6.45) is 6.22. The van der Waals surface area contributed by atoms with Gasteiger partial charge in [-0.1, -0.05) is 26.7 Å². The van der Waals surface area contributed by atoms with Crippen LogP contribution in [0.3, 0.4) is 0 Å². The van der Waals surface area contributed by atoms with E-state index in [9.17, 15) is 4.79 Å². The fourth-order valence-corrected chi connectivity index (χ4v) is 1.75. The number of carbonyl (C=O) groups is 1. The molecular weight excluding hydrogens is 188 g/mol. The minimum Gasteiger partial charge on any atom is -0.353 e. The van der Waals surface area contributed by atoms with Gasteiger partial charge in [-0.05, 0) is 25.2 Å². The summed E-state index contributed by atoms with van der Waals surface area (Å²) in [4.78, 5) is 11.6. The average molecular weight is 212 g/mol. The van der Waals surface area contributed by atoms with Crippen LogP contribution in [0.5, 0.6) is 0 Å². The number of rotatable bonds is 7. The summed E-state index contributed by atoms with van der Waals surface area (Å²) in [5.41, 5.74) is 5.74. The Labute approximate surface area is 92.8 Å². The Balaban J connectivity index is 2.20. The lowest BCUT2D eigenvalue weighted by Crippen LogP contribution is -2.38. The zero-order valence-corrected chi connectivity index (χ0v) is 9.96. The number of nitrogens with two attached hydrogens (primary N) is 1. The average Bonchev–Trinajstić information content (AvgIpc) is 3.00. The first-order chi connectivity index (χ1) is 7.15. The molecule has 1 fully saturated rings. The molecule has 3 heteroatoms. The Bertz CT molecular complexity index is 202. The van der Waals surface area contributed by atoms with E-state index in [4.69, 9.17) is 5.73 Å². The molecule has 2 unspecified atom stereocenters. The number of hydrogen-bond acceptors (Lipinski definition) is 2. The summed E-state index contributed by atoms with van der Waals surface area (Å²) in [5, 5.41) is 3.08. The van der Waals surface area contributed by atoms with Gasteiger partial charge in [0, 0.05) is 18.5 Å². The second-order valence-electron chi connectivity index (χ2n) is 4.72. The number of nitrogens with one attached hydrogen (secondary N) is 1. The van der Waals surface area contributed by atoms with Crippen LogP contribution in [0.15, 0.2) is 0 Å². The monoisotopic (exact) mass is 212 g/mol. The first-order valence-corrected chi connectivity index (χ1v) is 6.20. The third-order valence-corrected chi connectivity index (χ3v) is 3.14. The van der Waals surface area contributed by atoms with Crippen molar-refractivity contribution in [1.29, 1.82) is 0 Å². The van der Waals surface area contributed by atoms with Gasteiger partial charge in [0.25, 0.3) is 0 Å². The topological polar surface area (TPSA) is 55.1 Å². The molecule has 0 bridgehead atoms. The second kappa shape index (κ2) is 6.11. The molecule has 0 spiro atoms. The van der Waals surface area contributed by atoms with E-state index in [1.165, 1.54) is 12.8 Å². The van der Waals surface area contributed by atoms with Crippen molar-refractivity contribution in [1.82, 2.24) is 5.32 Å². The first kappa shape index (κ1) is 12.5. The van der Waals surface area contributed by atoms with Crippen LogP contribution in [0.4, 0.5) is 0 Å². The maximum absolute atomic E-state index is 11.6. The lowest BCUT2D eigenvalue weighted by molar-refractivity contribution is -0.122. The first-order valence-electron chi connectivity index (χ1n) is 6.20. The van der Waals surface area contributed by atoms with Crippen LogP contribution in [-0.2, 0) is 4.79 Å². The van der Waals surface area contributed by atoms with Crippen LogP contribution >= 0.6 is 0 Å². The molecule has 0 aromatic heterocycles. The van der Waals surface area contributed by atoms with Crippen molar-refractivity contribution in [2.45, 2.75) is 64.5 Å². The largest absolute Gasteiger partial charge is 0.353 e. The third-order valence-electron chi connectivity index (χ3n) is 3.14. The van der Waals surface area contributed by atoms with E-state index in [2.05, 4.69) is 12.2 Å². The molecular formula is C12H24N2O. The molecule has 0 heterocycles. The highest BCUT2D eigenvalue weighted by molar-refractivity contribution is 5.76. The molecule has 0 radical (unpaired) electrons. The summed E-state index contributed by atoms with van der Waals surface area (Å²) < 4.78 is 0. The van der Waals surface area contributed by atoms with E-state index in [1.54, 1.807) is 0 Å². The molecule has 1 amide bonds. The summed E-state index contributed by atoms with van der Waals surface area (Å²) in [7, 11) is 0. The van der Waals surface area contributed by atoms with Gasteiger partial charge in [-0.15, -0.1) is 0 Å². The highest BCUT2D eigenvalue weighted by Crippen LogP contribution is 2.34. The summed E-state index contributed by atoms with van der Waals surface area (Å²) in [6.45, 7) is 4.15. The van der Waals surface area contributed by atoms with Crippen LogP contribution in [0, 0.1) is 5.92 Å². The van der Waals surface area contributed by atoms with Crippen molar-refractivity contribution >= 4 is 5.91 Å². The standard InChI is InChI=1S/C12H24N2O/c1-3-10(13)8-12(15)14-11(4-2)7-9-5-6-9/h9-11H,3-8,13H2,1-2H3,(H,14,15). The molecule has 0 aromatic carbocycles. The second-order valence-corrected chi connectivity index (χ2v) is 4.72. The van der Waals surface area contributed by atoms with E-state index < -0.39 is 0 Å². The molecule has 15 heavy (non-hydrogen) atoms. The van der Waals surface area contributed by atoms with Crippen molar-refractivity contribution < 1.29 is 4.79 Å². The zero-order valence-electron chi connectivity index (χ0n) is 9.96. The van der Waals surface area contributed by atoms with Gasteiger partial charge in [-0.2, -0.15) is 0 Å². The molecule has 2 atom stereocenters. The molecule has 3 nitrogen and oxygen atoms in total. The van der Waals surface area contributed by atoms with Crippen LogP contribution in [0.1, 0.15) is 52.4 Å². The molecule has 3 N–H and O–H groups in total. The smallest absolute Gasteiger partial charge is 0.221 e. The normalized spacial score (nSPS) is 19.7. The van der Waals surface area contributed by atoms with Crippen molar-refractivity contribution in [2.24, 2.45) is 11.7 Å². The van der Waals surface area contributed by atoms with E-state index >= 15 is 0 Å². The SMILES string of the molecule is CCC(N)CC(=O)NC(CC)CC1CC1. The highest BCUT2D eigenvalue weighted by Gasteiger charge is 2.25. The van der Waals surface area contributed by atoms with Crippen molar-refractivity contribution in [2.75, 3.05) is 0 Å². The molecule has 1 saturated carbocycles. The van der Waals surface area contributed by atoms with Crippen LogP contribution < -0.4 is 11.1 Å². The maximum Gasteiger partial charge on any atom is 0.221 e. The van der Waals surface area contributed by atoms with Gasteiger partial charge in [-0.25, -0.2) is 0 Å². The molecule has 88 valence electrons. The Hall–Kier alpha value is -0.570. The maximum atomic E-state index is 11.6. The van der Waals surface area contributed by atoms with Gasteiger partial charge in [0.05, 0.1) is 0 Å². The van der Waals surface area contributed by atoms with Gasteiger partial charge in [0.15, 0.2) is 0 Å². The van der Waals surface area contributed by atoms with Crippen LogP contribution in [0.25, 0.3) is 0 Å². The van der Waals surface area contributed by atoms with Gasteiger partial charge in [0.2, 0.25) is 5.91 Å². The lowest BCUT2D eigenvalue weighted by Gasteiger charge is -2.17. The summed E-state index contributed by atoms with van der Waals surface area (Å²) in [5.74, 6) is 0.993. The van der Waals surface area contributed by atoms with Gasteiger partial charge >= 0.3 is 0 Å². The van der Waals surface area contributed by atoms with Crippen LogP contribution in [-0.4, -0.2) is 18.0 Å². The lowest BCUT2D eigenvalue weighted by atomic mass is 10.1. The molecule has 1 rings (SSSR count). The molecule has 0 saturated heterocycles. The molecule has 1 aliphatic rings. The Morgan fingerprint density at radius 2 is 2.07 bits per heavy atom. The number of amides is 1. The fourth-order valence-electron chi connectivity index (χ4n) is 1.75. The number of carbonyl (C=O) groups excluding carboxylic acids is 1. The van der Waals surface area contributed by atoms with E-state index in [0.717, 1.165) is 25.2 Å².